The van der Waals surface area contributed by atoms with Crippen LogP contribution < -0.4 is 5.32 Å². The summed E-state index contributed by atoms with van der Waals surface area (Å²) in [5, 5.41) is 4.34. The fourth-order valence-electron chi connectivity index (χ4n) is 3.33. The number of carbonyl (C=O) groups is 3. The van der Waals surface area contributed by atoms with Gasteiger partial charge in [-0.2, -0.15) is 4.31 Å². The fraction of sp³-hybridized carbons (Fsp3) is 0.350. The molecule has 1 saturated heterocycles. The van der Waals surface area contributed by atoms with Crippen LogP contribution in [-0.2, 0) is 24.3 Å². The topological polar surface area (TPSA) is 119 Å². The summed E-state index contributed by atoms with van der Waals surface area (Å²) in [5.74, 6) is -2.37. The van der Waals surface area contributed by atoms with Gasteiger partial charge in [-0.25, -0.2) is 18.0 Å². The van der Waals surface area contributed by atoms with Gasteiger partial charge in [-0.05, 0) is 42.5 Å². The molecule has 1 N–H and O–H groups in total. The lowest BCUT2D eigenvalue weighted by Gasteiger charge is -2.31. The molecule has 166 valence electrons. The number of anilines is 1. The predicted octanol–water partition coefficient (Wildman–Crippen LogP) is 2.36. The monoisotopic (exact) mass is 466 g/mol. The van der Waals surface area contributed by atoms with E-state index < -0.39 is 33.8 Å². The van der Waals surface area contributed by atoms with E-state index in [9.17, 15) is 22.8 Å². The number of ether oxygens (including phenoxy) is 2. The van der Waals surface area contributed by atoms with E-state index in [4.69, 9.17) is 4.74 Å². The molecule has 1 atom stereocenters. The van der Waals surface area contributed by atoms with Crippen LogP contribution in [-0.4, -0.2) is 57.9 Å². The molecule has 0 bridgehead atoms. The normalized spacial score (nSPS) is 17.0. The Balaban J connectivity index is 1.82. The van der Waals surface area contributed by atoms with Crippen molar-refractivity contribution < 1.29 is 32.3 Å². The molecule has 3 rings (SSSR count). The molecule has 1 aromatic carbocycles. The molecule has 0 radical (unpaired) electrons. The molecule has 0 spiro atoms. The highest BCUT2D eigenvalue weighted by Crippen LogP contribution is 2.28. The Bertz CT molecular complexity index is 1080. The second-order valence-corrected chi connectivity index (χ2v) is 9.98. The van der Waals surface area contributed by atoms with Crippen LogP contribution in [0.5, 0.6) is 0 Å². The van der Waals surface area contributed by atoms with Crippen molar-refractivity contribution in [2.45, 2.75) is 17.1 Å². The van der Waals surface area contributed by atoms with Crippen LogP contribution >= 0.6 is 11.3 Å². The predicted molar refractivity (Wildman–Crippen MR) is 114 cm³/mol. The second kappa shape index (κ2) is 9.58. The van der Waals surface area contributed by atoms with E-state index >= 15 is 0 Å². The molecule has 1 aliphatic rings. The summed E-state index contributed by atoms with van der Waals surface area (Å²) in [6, 6.07) is 7.28. The lowest BCUT2D eigenvalue weighted by molar-refractivity contribution is -0.120. The smallest absolute Gasteiger partial charge is 0.339 e. The Hall–Kier alpha value is -2.76. The minimum atomic E-state index is -3.67. The average Bonchev–Trinajstić information content (AvgIpc) is 3.34. The van der Waals surface area contributed by atoms with Crippen LogP contribution in [0.3, 0.4) is 0 Å². The van der Waals surface area contributed by atoms with Crippen molar-refractivity contribution in [3.05, 3.63) is 46.8 Å². The number of sulfonamides is 1. The Morgan fingerprint density at radius 3 is 2.52 bits per heavy atom. The number of nitrogens with one attached hydrogen (secondary N) is 1. The van der Waals surface area contributed by atoms with Gasteiger partial charge in [0.05, 0.1) is 37.0 Å². The number of hydrogen-bond donors (Lipinski definition) is 1. The number of piperidine rings is 1. The van der Waals surface area contributed by atoms with Gasteiger partial charge >= 0.3 is 11.9 Å². The molecular formula is C20H22N2O7S2. The summed E-state index contributed by atoms with van der Waals surface area (Å²) in [5.41, 5.74) is 0.316. The zero-order valence-electron chi connectivity index (χ0n) is 17.0. The number of methoxy groups -OCH3 is 2. The van der Waals surface area contributed by atoms with Crippen molar-refractivity contribution in [1.29, 1.82) is 0 Å². The molecule has 11 heteroatoms. The van der Waals surface area contributed by atoms with Crippen molar-refractivity contribution in [3.63, 3.8) is 0 Å². The third kappa shape index (κ3) is 4.94. The molecule has 1 fully saturated rings. The summed E-state index contributed by atoms with van der Waals surface area (Å²) < 4.78 is 36.6. The standard InChI is InChI=1S/C20H22N2O7S2/c1-28-19(24)13-7-8-15(20(25)29-2)16(11-13)21-18(23)14-5-3-9-22(12-14)31(26,27)17-6-4-10-30-17/h4,6-8,10-11,14H,3,5,9,12H2,1-2H3,(H,21,23)/t14-/m0/s1. The maximum Gasteiger partial charge on any atom is 0.339 e. The van der Waals surface area contributed by atoms with Gasteiger partial charge in [0.2, 0.25) is 5.91 Å². The van der Waals surface area contributed by atoms with Crippen molar-refractivity contribution in [2.75, 3.05) is 32.6 Å². The number of esters is 2. The molecule has 2 aromatic rings. The van der Waals surface area contributed by atoms with E-state index in [1.54, 1.807) is 11.4 Å². The van der Waals surface area contributed by atoms with Crippen molar-refractivity contribution in [3.8, 4) is 0 Å². The van der Waals surface area contributed by atoms with E-state index in [1.807, 2.05) is 0 Å². The Kier molecular flexibility index (Phi) is 7.08. The molecule has 1 aliphatic heterocycles. The van der Waals surface area contributed by atoms with Gasteiger partial charge < -0.3 is 14.8 Å². The number of nitrogens with zero attached hydrogens (tertiary/aromatic N) is 1. The van der Waals surface area contributed by atoms with Gasteiger partial charge in [0, 0.05) is 13.1 Å². The van der Waals surface area contributed by atoms with E-state index in [0.717, 1.165) is 11.3 Å². The Labute approximate surface area is 184 Å². The fourth-order valence-corrected chi connectivity index (χ4v) is 6.00. The highest BCUT2D eigenvalue weighted by Gasteiger charge is 2.34. The zero-order valence-corrected chi connectivity index (χ0v) is 18.6. The molecule has 9 nitrogen and oxygen atoms in total. The highest BCUT2D eigenvalue weighted by atomic mass is 32.2. The van der Waals surface area contributed by atoms with Crippen LogP contribution in [0.4, 0.5) is 5.69 Å². The van der Waals surface area contributed by atoms with E-state index in [-0.39, 0.29) is 27.6 Å². The molecule has 31 heavy (non-hydrogen) atoms. The van der Waals surface area contributed by atoms with E-state index in [2.05, 4.69) is 10.1 Å². The number of hydrogen-bond acceptors (Lipinski definition) is 8. The minimum Gasteiger partial charge on any atom is -0.465 e. The van der Waals surface area contributed by atoms with Crippen molar-refractivity contribution in [1.82, 2.24) is 4.31 Å². The van der Waals surface area contributed by atoms with Crippen LogP contribution in [0, 0.1) is 5.92 Å². The molecule has 1 aromatic heterocycles. The Morgan fingerprint density at radius 1 is 1.13 bits per heavy atom. The molecule has 0 aliphatic carbocycles. The summed E-state index contributed by atoms with van der Waals surface area (Å²) in [4.78, 5) is 36.9. The largest absolute Gasteiger partial charge is 0.465 e. The molecular weight excluding hydrogens is 444 g/mol. The van der Waals surface area contributed by atoms with Crippen LogP contribution in [0.15, 0.2) is 39.9 Å². The number of carbonyl (C=O) groups excluding carboxylic acids is 3. The van der Waals surface area contributed by atoms with E-state index in [1.165, 1.54) is 42.8 Å². The first-order chi connectivity index (χ1) is 14.8. The van der Waals surface area contributed by atoms with Gasteiger partial charge in [0.1, 0.15) is 4.21 Å². The van der Waals surface area contributed by atoms with Crippen molar-refractivity contribution in [2.24, 2.45) is 5.92 Å². The lowest BCUT2D eigenvalue weighted by Crippen LogP contribution is -2.43. The van der Waals surface area contributed by atoms with Gasteiger partial charge in [-0.1, -0.05) is 6.07 Å². The lowest BCUT2D eigenvalue weighted by atomic mass is 9.98. The third-order valence-electron chi connectivity index (χ3n) is 4.95. The van der Waals surface area contributed by atoms with Crippen LogP contribution in [0.25, 0.3) is 0 Å². The first kappa shape index (κ1) is 22.9. The summed E-state index contributed by atoms with van der Waals surface area (Å²) in [6.45, 7) is 0.353. The summed E-state index contributed by atoms with van der Waals surface area (Å²) >= 11 is 1.12. The second-order valence-electron chi connectivity index (χ2n) is 6.87. The first-order valence-electron chi connectivity index (χ1n) is 9.43. The van der Waals surface area contributed by atoms with Gasteiger partial charge in [-0.15, -0.1) is 11.3 Å². The van der Waals surface area contributed by atoms with Gasteiger partial charge in [-0.3, -0.25) is 4.79 Å². The summed E-state index contributed by atoms with van der Waals surface area (Å²) in [7, 11) is -1.24. The third-order valence-corrected chi connectivity index (χ3v) is 8.19. The number of thiophene rings is 1. The SMILES string of the molecule is COC(=O)c1ccc(C(=O)OC)c(NC(=O)[C@H]2CCCN(S(=O)(=O)c3cccs3)C2)c1. The highest BCUT2D eigenvalue weighted by molar-refractivity contribution is 7.91. The van der Waals surface area contributed by atoms with Crippen LogP contribution in [0.2, 0.25) is 0 Å². The summed E-state index contributed by atoms with van der Waals surface area (Å²) in [6.07, 6.45) is 1.02. The maximum absolute atomic E-state index is 12.9. The minimum absolute atomic E-state index is 0.0241. The molecule has 1 amide bonds. The first-order valence-corrected chi connectivity index (χ1v) is 11.7. The van der Waals surface area contributed by atoms with Crippen molar-refractivity contribution >= 4 is 44.9 Å². The zero-order chi connectivity index (χ0) is 22.6. The Morgan fingerprint density at radius 2 is 1.87 bits per heavy atom. The number of amides is 1. The number of rotatable bonds is 6. The van der Waals surface area contributed by atoms with Crippen LogP contribution in [0.1, 0.15) is 33.6 Å². The quantitative estimate of drug-likeness (QED) is 0.649. The number of benzene rings is 1. The maximum atomic E-state index is 12.9. The van der Waals surface area contributed by atoms with E-state index in [0.29, 0.717) is 19.4 Å². The molecule has 0 saturated carbocycles. The molecule has 2 heterocycles. The molecule has 0 unspecified atom stereocenters. The van der Waals surface area contributed by atoms with Gasteiger partial charge in [0.25, 0.3) is 10.0 Å². The van der Waals surface area contributed by atoms with Gasteiger partial charge in [0.15, 0.2) is 0 Å². The average molecular weight is 467 g/mol.